The molecule has 1 aromatic carbocycles. The normalized spacial score (nSPS) is 12.1. The first-order valence-corrected chi connectivity index (χ1v) is 5.50. The minimum absolute atomic E-state index is 0.0355. The molecule has 0 saturated heterocycles. The highest BCUT2D eigenvalue weighted by atomic mass is 35.5. The summed E-state index contributed by atoms with van der Waals surface area (Å²) in [6.07, 6.45) is -4.72. The standard InChI is InChI=1S/C10H6ClF3OS/c1-5-2-6-3-8(15-10(12,13)14)7(11)4-9(6)16-5/h2-4H,1H3. The van der Waals surface area contributed by atoms with Gasteiger partial charge in [-0.3, -0.25) is 0 Å². The molecule has 6 heteroatoms. The second kappa shape index (κ2) is 3.82. The van der Waals surface area contributed by atoms with Crippen molar-refractivity contribution >= 4 is 33.0 Å². The SMILES string of the molecule is Cc1cc2cc(OC(F)(F)F)c(Cl)cc2s1. The third kappa shape index (κ3) is 2.41. The molecular formula is C10H6ClF3OS. The molecule has 1 heterocycles. The molecule has 0 radical (unpaired) electrons. The zero-order chi connectivity index (χ0) is 11.9. The second-order valence-corrected chi connectivity index (χ2v) is 4.92. The first kappa shape index (κ1) is 11.5. The highest BCUT2D eigenvalue weighted by Crippen LogP contribution is 2.36. The van der Waals surface area contributed by atoms with E-state index in [1.54, 1.807) is 6.07 Å². The molecule has 86 valence electrons. The highest BCUT2D eigenvalue weighted by molar-refractivity contribution is 7.19. The van der Waals surface area contributed by atoms with E-state index < -0.39 is 6.36 Å². The van der Waals surface area contributed by atoms with Crippen molar-refractivity contribution in [2.45, 2.75) is 13.3 Å². The first-order chi connectivity index (χ1) is 7.35. The van der Waals surface area contributed by atoms with Gasteiger partial charge in [0.1, 0.15) is 5.75 Å². The third-order valence-electron chi connectivity index (χ3n) is 1.92. The zero-order valence-electron chi connectivity index (χ0n) is 8.06. The number of thiophene rings is 1. The van der Waals surface area contributed by atoms with Gasteiger partial charge in [-0.2, -0.15) is 0 Å². The predicted octanol–water partition coefficient (Wildman–Crippen LogP) is 4.76. The lowest BCUT2D eigenvalue weighted by Gasteiger charge is -2.10. The Morgan fingerprint density at radius 3 is 2.56 bits per heavy atom. The maximum atomic E-state index is 12.0. The minimum atomic E-state index is -4.72. The smallest absolute Gasteiger partial charge is 0.404 e. The molecule has 2 rings (SSSR count). The summed E-state index contributed by atoms with van der Waals surface area (Å²) in [5.74, 6) is -0.362. The van der Waals surface area contributed by atoms with Gasteiger partial charge in [-0.1, -0.05) is 11.6 Å². The molecule has 1 nitrogen and oxygen atoms in total. The quantitative estimate of drug-likeness (QED) is 0.723. The zero-order valence-corrected chi connectivity index (χ0v) is 9.63. The molecule has 0 aliphatic carbocycles. The van der Waals surface area contributed by atoms with Gasteiger partial charge in [-0.15, -0.1) is 24.5 Å². The predicted molar refractivity (Wildman–Crippen MR) is 58.3 cm³/mol. The van der Waals surface area contributed by atoms with Gasteiger partial charge in [0.15, 0.2) is 0 Å². The second-order valence-electron chi connectivity index (χ2n) is 3.23. The highest BCUT2D eigenvalue weighted by Gasteiger charge is 2.32. The van der Waals surface area contributed by atoms with Crippen molar-refractivity contribution in [2.24, 2.45) is 0 Å². The third-order valence-corrected chi connectivity index (χ3v) is 3.23. The van der Waals surface area contributed by atoms with Crippen molar-refractivity contribution in [1.29, 1.82) is 0 Å². The lowest BCUT2D eigenvalue weighted by molar-refractivity contribution is -0.274. The van der Waals surface area contributed by atoms with Gasteiger partial charge >= 0.3 is 6.36 Å². The van der Waals surface area contributed by atoms with Gasteiger partial charge < -0.3 is 4.74 Å². The Hall–Kier alpha value is -0.940. The summed E-state index contributed by atoms with van der Waals surface area (Å²) in [6.45, 7) is 1.88. The van der Waals surface area contributed by atoms with Crippen LogP contribution in [0.15, 0.2) is 18.2 Å². The molecule has 0 amide bonds. The van der Waals surface area contributed by atoms with Crippen LogP contribution in [0.1, 0.15) is 4.88 Å². The largest absolute Gasteiger partial charge is 0.573 e. The molecule has 0 bridgehead atoms. The Balaban J connectivity index is 2.49. The van der Waals surface area contributed by atoms with Gasteiger partial charge in [-0.25, -0.2) is 0 Å². The van der Waals surface area contributed by atoms with E-state index in [0.29, 0.717) is 5.39 Å². The Labute approximate surface area is 98.4 Å². The molecule has 0 spiro atoms. The van der Waals surface area contributed by atoms with E-state index >= 15 is 0 Å². The number of rotatable bonds is 1. The van der Waals surface area contributed by atoms with Crippen LogP contribution in [0.5, 0.6) is 5.75 Å². The number of hydrogen-bond donors (Lipinski definition) is 0. The maximum absolute atomic E-state index is 12.0. The fraction of sp³-hybridized carbons (Fsp3) is 0.200. The van der Waals surface area contributed by atoms with Crippen molar-refractivity contribution in [1.82, 2.24) is 0 Å². The summed E-state index contributed by atoms with van der Waals surface area (Å²) >= 11 is 7.17. The van der Waals surface area contributed by atoms with Gasteiger partial charge in [0.25, 0.3) is 0 Å². The lowest BCUT2D eigenvalue weighted by Crippen LogP contribution is -2.17. The Morgan fingerprint density at radius 2 is 1.94 bits per heavy atom. The van der Waals surface area contributed by atoms with Gasteiger partial charge in [-0.05, 0) is 30.5 Å². The summed E-state index contributed by atoms with van der Waals surface area (Å²) in [7, 11) is 0. The van der Waals surface area contributed by atoms with Crippen LogP contribution in [0.4, 0.5) is 13.2 Å². The van der Waals surface area contributed by atoms with E-state index in [0.717, 1.165) is 9.58 Å². The van der Waals surface area contributed by atoms with Crippen molar-refractivity contribution in [2.75, 3.05) is 0 Å². The number of ether oxygens (including phenoxy) is 1. The van der Waals surface area contributed by atoms with Crippen LogP contribution in [-0.4, -0.2) is 6.36 Å². The van der Waals surface area contributed by atoms with Crippen molar-refractivity contribution in [3.8, 4) is 5.75 Å². The molecular weight excluding hydrogens is 261 g/mol. The van der Waals surface area contributed by atoms with E-state index in [1.807, 2.05) is 6.92 Å². The van der Waals surface area contributed by atoms with Crippen molar-refractivity contribution in [3.05, 3.63) is 28.1 Å². The average Bonchev–Trinajstić information content (AvgIpc) is 2.42. The molecule has 1 aromatic heterocycles. The average molecular weight is 267 g/mol. The maximum Gasteiger partial charge on any atom is 0.573 e. The van der Waals surface area contributed by atoms with Crippen LogP contribution in [-0.2, 0) is 0 Å². The molecule has 0 unspecified atom stereocenters. The lowest BCUT2D eigenvalue weighted by atomic mass is 10.2. The Morgan fingerprint density at radius 1 is 1.25 bits per heavy atom. The molecule has 0 atom stereocenters. The van der Waals surface area contributed by atoms with E-state index in [9.17, 15) is 13.2 Å². The molecule has 0 aliphatic heterocycles. The molecule has 0 aliphatic rings. The fourth-order valence-electron chi connectivity index (χ4n) is 1.38. The number of aryl methyl sites for hydroxylation is 1. The Bertz CT molecular complexity index is 533. The summed E-state index contributed by atoms with van der Waals surface area (Å²) in [4.78, 5) is 1.01. The topological polar surface area (TPSA) is 9.23 Å². The summed E-state index contributed by atoms with van der Waals surface area (Å²) in [5, 5.41) is 0.665. The van der Waals surface area contributed by atoms with E-state index in [2.05, 4.69) is 4.74 Å². The number of benzene rings is 1. The van der Waals surface area contributed by atoms with E-state index in [4.69, 9.17) is 11.6 Å². The molecule has 0 saturated carbocycles. The number of halogens is 4. The molecule has 0 N–H and O–H groups in total. The number of alkyl halides is 3. The van der Waals surface area contributed by atoms with Gasteiger partial charge in [0.05, 0.1) is 5.02 Å². The molecule has 0 fully saturated rings. The van der Waals surface area contributed by atoms with Crippen LogP contribution in [0.2, 0.25) is 5.02 Å². The summed E-state index contributed by atoms with van der Waals surface area (Å²) < 4.78 is 40.8. The van der Waals surface area contributed by atoms with Gasteiger partial charge in [0.2, 0.25) is 0 Å². The molecule has 16 heavy (non-hydrogen) atoms. The van der Waals surface area contributed by atoms with Crippen LogP contribution >= 0.6 is 22.9 Å². The van der Waals surface area contributed by atoms with Crippen molar-refractivity contribution < 1.29 is 17.9 Å². The monoisotopic (exact) mass is 266 g/mol. The van der Waals surface area contributed by atoms with Crippen LogP contribution in [0.25, 0.3) is 10.1 Å². The van der Waals surface area contributed by atoms with Crippen LogP contribution in [0, 0.1) is 6.92 Å². The van der Waals surface area contributed by atoms with Crippen molar-refractivity contribution in [3.63, 3.8) is 0 Å². The number of fused-ring (bicyclic) bond motifs is 1. The van der Waals surface area contributed by atoms with Crippen LogP contribution < -0.4 is 4.74 Å². The fourth-order valence-corrected chi connectivity index (χ4v) is 2.59. The van der Waals surface area contributed by atoms with Crippen LogP contribution in [0.3, 0.4) is 0 Å². The summed E-state index contributed by atoms with van der Waals surface area (Å²) in [5.41, 5.74) is 0. The first-order valence-electron chi connectivity index (χ1n) is 4.30. The molecule has 2 aromatic rings. The number of hydrogen-bond acceptors (Lipinski definition) is 2. The van der Waals surface area contributed by atoms with E-state index in [-0.39, 0.29) is 10.8 Å². The summed E-state index contributed by atoms with van der Waals surface area (Å²) in [6, 6.07) is 4.57. The van der Waals surface area contributed by atoms with Gasteiger partial charge in [0, 0.05) is 9.58 Å². The minimum Gasteiger partial charge on any atom is -0.404 e. The van der Waals surface area contributed by atoms with E-state index in [1.165, 1.54) is 23.5 Å². The Kier molecular flexibility index (Phi) is 2.75.